The Morgan fingerprint density at radius 2 is 1.29 bits per heavy atom. The van der Waals surface area contributed by atoms with Gasteiger partial charge in [-0.1, -0.05) is 111 Å². The molecule has 2 N–H and O–H groups in total. The molecule has 8 heteroatoms. The lowest BCUT2D eigenvalue weighted by Crippen LogP contribution is -2.34. The van der Waals surface area contributed by atoms with Crippen LogP contribution in [0.15, 0.2) is 0 Å². The van der Waals surface area contributed by atoms with Crippen LogP contribution in [0.25, 0.3) is 0 Å². The molecule has 0 aliphatic rings. The van der Waals surface area contributed by atoms with E-state index in [1.165, 1.54) is 77.0 Å². The Balaban J connectivity index is 4.61. The van der Waals surface area contributed by atoms with Crippen LogP contribution in [0.3, 0.4) is 0 Å². The monoisotopic (exact) mass is 538 g/mol. The highest BCUT2D eigenvalue weighted by Crippen LogP contribution is 2.49. The molecular formula is C27H55O6PS. The second-order valence-electron chi connectivity index (χ2n) is 9.72. The number of thioether (sulfide) groups is 1. The third-order valence-electron chi connectivity index (χ3n) is 6.28. The second kappa shape index (κ2) is 23.1. The van der Waals surface area contributed by atoms with Gasteiger partial charge in [0.05, 0.1) is 12.7 Å². The summed E-state index contributed by atoms with van der Waals surface area (Å²) in [6.07, 6.45) is 19.8. The normalized spacial score (nSPS) is 16.0. The second-order valence-corrected chi connectivity index (χ2v) is 12.9. The molecule has 4 atom stereocenters. The minimum Gasteiger partial charge on any atom is -0.479 e. The standard InChI is InChI=1S/C27H55O6PS/c1-5-8-10-12-13-14-15-16-18-20-23-35-25(21-19-17-11-9-6-2)24(4)33-27(26(28)29)34(30,31)32-22-7-3/h24-25,27H,5-23H2,1-4H3,(H,28,29)(H,30,31)/t24?,25-,27+/m1/s1. The zero-order valence-corrected chi connectivity index (χ0v) is 24.8. The molecule has 6 nitrogen and oxygen atoms in total. The quantitative estimate of drug-likeness (QED) is 0.0839. The van der Waals surface area contributed by atoms with Crippen molar-refractivity contribution in [3.8, 4) is 0 Å². The molecule has 0 saturated heterocycles. The van der Waals surface area contributed by atoms with Crippen molar-refractivity contribution in [2.45, 2.75) is 154 Å². The summed E-state index contributed by atoms with van der Waals surface area (Å²) in [5.41, 5.74) is 0. The van der Waals surface area contributed by atoms with Crippen molar-refractivity contribution in [2.24, 2.45) is 0 Å². The highest BCUT2D eigenvalue weighted by atomic mass is 32.2. The zero-order valence-electron chi connectivity index (χ0n) is 23.0. The van der Waals surface area contributed by atoms with Gasteiger partial charge in [0.25, 0.3) is 5.85 Å². The topological polar surface area (TPSA) is 93.1 Å². The van der Waals surface area contributed by atoms with Crippen molar-refractivity contribution in [3.05, 3.63) is 0 Å². The summed E-state index contributed by atoms with van der Waals surface area (Å²) < 4.78 is 23.2. The summed E-state index contributed by atoms with van der Waals surface area (Å²) in [4.78, 5) is 21.9. The van der Waals surface area contributed by atoms with Crippen molar-refractivity contribution < 1.29 is 28.6 Å². The first-order valence-corrected chi connectivity index (χ1v) is 17.0. The van der Waals surface area contributed by atoms with Gasteiger partial charge in [0, 0.05) is 5.25 Å². The van der Waals surface area contributed by atoms with Crippen LogP contribution in [0.2, 0.25) is 0 Å². The molecule has 0 bridgehead atoms. The van der Waals surface area contributed by atoms with Gasteiger partial charge in [-0.2, -0.15) is 11.8 Å². The largest absolute Gasteiger partial charge is 0.479 e. The lowest BCUT2D eigenvalue weighted by Gasteiger charge is -2.28. The molecular weight excluding hydrogens is 483 g/mol. The molecule has 0 amide bonds. The molecule has 0 aromatic heterocycles. The summed E-state index contributed by atoms with van der Waals surface area (Å²) in [6.45, 7) is 8.11. The Hall–Kier alpha value is -0.0700. The lowest BCUT2D eigenvalue weighted by atomic mass is 10.1. The SMILES string of the molecule is CCCCCCCCCCCCS[C@H](CCCCCCC)C(C)O[C@H](C(=O)O)P(=O)(O)OCCC. The Morgan fingerprint density at radius 3 is 1.77 bits per heavy atom. The minimum absolute atomic E-state index is 0.0314. The first-order chi connectivity index (χ1) is 16.8. The molecule has 0 radical (unpaired) electrons. The first-order valence-electron chi connectivity index (χ1n) is 14.3. The van der Waals surface area contributed by atoms with Crippen molar-refractivity contribution in [1.82, 2.24) is 0 Å². The van der Waals surface area contributed by atoms with Crippen LogP contribution in [0, 0.1) is 0 Å². The number of carboxylic acid groups (broad SMARTS) is 1. The third kappa shape index (κ3) is 18.8. The van der Waals surface area contributed by atoms with E-state index in [1.807, 2.05) is 18.7 Å². The number of carboxylic acids is 1. The van der Waals surface area contributed by atoms with Crippen LogP contribution < -0.4 is 0 Å². The maximum atomic E-state index is 12.5. The molecule has 0 spiro atoms. The van der Waals surface area contributed by atoms with Gasteiger partial charge >= 0.3 is 13.6 Å². The maximum absolute atomic E-state index is 12.5. The van der Waals surface area contributed by atoms with E-state index in [9.17, 15) is 19.4 Å². The van der Waals surface area contributed by atoms with Crippen molar-refractivity contribution in [2.75, 3.05) is 12.4 Å². The van der Waals surface area contributed by atoms with Gasteiger partial charge in [-0.15, -0.1) is 0 Å². The number of ether oxygens (including phenoxy) is 1. The van der Waals surface area contributed by atoms with Gasteiger partial charge in [-0.3, -0.25) is 4.57 Å². The van der Waals surface area contributed by atoms with E-state index >= 15 is 0 Å². The average Bonchev–Trinajstić information content (AvgIpc) is 2.82. The van der Waals surface area contributed by atoms with Gasteiger partial charge in [-0.25, -0.2) is 4.79 Å². The summed E-state index contributed by atoms with van der Waals surface area (Å²) in [5, 5.41) is 9.65. The van der Waals surface area contributed by atoms with Crippen LogP contribution >= 0.6 is 19.4 Å². The summed E-state index contributed by atoms with van der Waals surface area (Å²) >= 11 is 1.82. The van der Waals surface area contributed by atoms with E-state index in [-0.39, 0.29) is 11.9 Å². The molecule has 0 aliphatic heterocycles. The lowest BCUT2D eigenvalue weighted by molar-refractivity contribution is -0.148. The van der Waals surface area contributed by atoms with Crippen molar-refractivity contribution >= 4 is 25.3 Å². The number of rotatable bonds is 26. The number of hydrogen-bond acceptors (Lipinski definition) is 5. The third-order valence-corrected chi connectivity index (χ3v) is 9.34. The molecule has 0 aromatic rings. The van der Waals surface area contributed by atoms with Crippen LogP contribution in [-0.2, 0) is 18.6 Å². The van der Waals surface area contributed by atoms with Crippen LogP contribution in [0.5, 0.6) is 0 Å². The van der Waals surface area contributed by atoms with E-state index in [0.29, 0.717) is 6.42 Å². The van der Waals surface area contributed by atoms with Crippen molar-refractivity contribution in [1.29, 1.82) is 0 Å². The van der Waals surface area contributed by atoms with Crippen LogP contribution in [0.1, 0.15) is 137 Å². The van der Waals surface area contributed by atoms with Gasteiger partial charge in [0.2, 0.25) is 0 Å². The smallest absolute Gasteiger partial charge is 0.368 e. The van der Waals surface area contributed by atoms with Crippen LogP contribution in [-0.4, -0.2) is 45.5 Å². The Bertz CT molecular complexity index is 548. The predicted molar refractivity (Wildman–Crippen MR) is 150 cm³/mol. The molecule has 35 heavy (non-hydrogen) atoms. The average molecular weight is 539 g/mol. The predicted octanol–water partition coefficient (Wildman–Crippen LogP) is 8.80. The summed E-state index contributed by atoms with van der Waals surface area (Å²) in [7, 11) is -4.40. The molecule has 0 aromatic carbocycles. The number of aliphatic carboxylic acids is 1. The van der Waals surface area contributed by atoms with Gasteiger partial charge in [-0.05, 0) is 31.9 Å². The Labute approximate surface area is 220 Å². The molecule has 0 fully saturated rings. The molecule has 0 aliphatic carbocycles. The van der Waals surface area contributed by atoms with Crippen LogP contribution in [0.4, 0.5) is 0 Å². The molecule has 0 rings (SSSR count). The van der Waals surface area contributed by atoms with Crippen molar-refractivity contribution in [3.63, 3.8) is 0 Å². The van der Waals surface area contributed by atoms with E-state index in [4.69, 9.17) is 9.26 Å². The van der Waals surface area contributed by atoms with Gasteiger partial charge in [0.15, 0.2) is 0 Å². The Morgan fingerprint density at radius 1 is 0.800 bits per heavy atom. The van der Waals surface area contributed by atoms with E-state index in [0.717, 1.165) is 31.4 Å². The highest BCUT2D eigenvalue weighted by Gasteiger charge is 2.42. The first kappa shape index (κ1) is 34.9. The van der Waals surface area contributed by atoms with Gasteiger partial charge in [0.1, 0.15) is 0 Å². The summed E-state index contributed by atoms with van der Waals surface area (Å²) in [5.74, 6) is -2.28. The fourth-order valence-corrected chi connectivity index (χ4v) is 6.63. The number of carbonyl (C=O) groups is 1. The minimum atomic E-state index is -4.40. The van der Waals surface area contributed by atoms with E-state index < -0.39 is 25.5 Å². The van der Waals surface area contributed by atoms with Gasteiger partial charge < -0.3 is 19.3 Å². The fraction of sp³-hybridized carbons (Fsp3) is 0.963. The number of hydrogen-bond donors (Lipinski definition) is 2. The molecule has 2 unspecified atom stereocenters. The number of unbranched alkanes of at least 4 members (excludes halogenated alkanes) is 13. The summed E-state index contributed by atoms with van der Waals surface area (Å²) in [6, 6.07) is 0. The maximum Gasteiger partial charge on any atom is 0.368 e. The molecule has 0 saturated carbocycles. The zero-order chi connectivity index (χ0) is 26.4. The molecule has 0 heterocycles. The fourth-order valence-electron chi connectivity index (χ4n) is 4.08. The Kier molecular flexibility index (Phi) is 23.0. The molecule has 210 valence electrons. The van der Waals surface area contributed by atoms with E-state index in [2.05, 4.69) is 13.8 Å². The van der Waals surface area contributed by atoms with E-state index in [1.54, 1.807) is 6.92 Å². The highest BCUT2D eigenvalue weighted by molar-refractivity contribution is 7.99.